The number of carbonyl (C=O) groups excluding carboxylic acids is 1. The SMILES string of the molecule is CCN(CC)c1ccc(-n2nc3cc(C)c(NC(=O)/C=C/c4ccc(-c5ccc(Cl)cc5Cl)o4)cc3n2)cc1. The first kappa shape index (κ1) is 26.5. The molecule has 5 rings (SSSR count). The third kappa shape index (κ3) is 5.85. The predicted molar refractivity (Wildman–Crippen MR) is 159 cm³/mol. The lowest BCUT2D eigenvalue weighted by molar-refractivity contribution is -0.111. The first-order chi connectivity index (χ1) is 18.8. The summed E-state index contributed by atoms with van der Waals surface area (Å²) in [6.45, 7) is 8.10. The van der Waals surface area contributed by atoms with E-state index in [-0.39, 0.29) is 5.91 Å². The van der Waals surface area contributed by atoms with Crippen LogP contribution in [0.3, 0.4) is 0 Å². The number of amides is 1. The Balaban J connectivity index is 1.30. The van der Waals surface area contributed by atoms with Crippen LogP contribution < -0.4 is 10.2 Å². The van der Waals surface area contributed by atoms with Crippen molar-refractivity contribution in [2.24, 2.45) is 0 Å². The zero-order valence-corrected chi connectivity index (χ0v) is 23.3. The van der Waals surface area contributed by atoms with Gasteiger partial charge in [0.05, 0.1) is 10.7 Å². The molecule has 1 N–H and O–H groups in total. The van der Waals surface area contributed by atoms with Crippen molar-refractivity contribution in [3.8, 4) is 17.0 Å². The molecule has 198 valence electrons. The van der Waals surface area contributed by atoms with Gasteiger partial charge in [0.2, 0.25) is 5.91 Å². The van der Waals surface area contributed by atoms with E-state index in [0.29, 0.717) is 32.8 Å². The van der Waals surface area contributed by atoms with Crippen molar-refractivity contribution in [2.75, 3.05) is 23.3 Å². The van der Waals surface area contributed by atoms with Crippen molar-refractivity contribution in [1.29, 1.82) is 0 Å². The number of rotatable bonds is 8. The summed E-state index contributed by atoms with van der Waals surface area (Å²) < 4.78 is 5.83. The van der Waals surface area contributed by atoms with E-state index >= 15 is 0 Å². The van der Waals surface area contributed by atoms with Crippen LogP contribution in [0.1, 0.15) is 25.2 Å². The van der Waals surface area contributed by atoms with E-state index in [2.05, 4.69) is 46.4 Å². The van der Waals surface area contributed by atoms with Crippen molar-refractivity contribution in [1.82, 2.24) is 15.0 Å². The minimum atomic E-state index is -0.292. The van der Waals surface area contributed by atoms with Crippen LogP contribution in [0, 0.1) is 6.92 Å². The van der Waals surface area contributed by atoms with Gasteiger partial charge in [-0.2, -0.15) is 4.80 Å². The Kier molecular flexibility index (Phi) is 7.72. The quantitative estimate of drug-likeness (QED) is 0.196. The summed E-state index contributed by atoms with van der Waals surface area (Å²) in [7, 11) is 0. The Morgan fingerprint density at radius 3 is 2.38 bits per heavy atom. The number of aryl methyl sites for hydroxylation is 1. The number of nitrogens with one attached hydrogen (secondary N) is 1. The van der Waals surface area contributed by atoms with Gasteiger partial charge in [-0.1, -0.05) is 23.2 Å². The molecular formula is C30H27Cl2N5O2. The number of carbonyl (C=O) groups is 1. The maximum atomic E-state index is 12.7. The summed E-state index contributed by atoms with van der Waals surface area (Å²) in [5, 5.41) is 13.2. The van der Waals surface area contributed by atoms with Gasteiger partial charge in [-0.05, 0) is 99.1 Å². The summed E-state index contributed by atoms with van der Waals surface area (Å²) in [5.74, 6) is 0.816. The van der Waals surface area contributed by atoms with Crippen LogP contribution in [0.25, 0.3) is 34.1 Å². The van der Waals surface area contributed by atoms with Gasteiger partial charge in [-0.25, -0.2) is 0 Å². The second-order valence-corrected chi connectivity index (χ2v) is 9.83. The van der Waals surface area contributed by atoms with Crippen LogP contribution in [-0.2, 0) is 4.79 Å². The number of furan rings is 1. The van der Waals surface area contributed by atoms with Gasteiger partial charge in [-0.3, -0.25) is 4.79 Å². The second kappa shape index (κ2) is 11.4. The fourth-order valence-corrected chi connectivity index (χ4v) is 4.81. The lowest BCUT2D eigenvalue weighted by Gasteiger charge is -2.20. The summed E-state index contributed by atoms with van der Waals surface area (Å²) >= 11 is 12.2. The van der Waals surface area contributed by atoms with E-state index in [1.165, 1.54) is 6.08 Å². The van der Waals surface area contributed by atoms with Crippen LogP contribution in [0.2, 0.25) is 10.0 Å². The van der Waals surface area contributed by atoms with Crippen LogP contribution in [0.4, 0.5) is 11.4 Å². The average molecular weight is 560 g/mol. The molecule has 0 unspecified atom stereocenters. The molecule has 1 amide bonds. The number of nitrogens with zero attached hydrogens (tertiary/aromatic N) is 4. The van der Waals surface area contributed by atoms with Gasteiger partial charge in [-0.15, -0.1) is 10.2 Å². The van der Waals surface area contributed by atoms with Gasteiger partial charge >= 0.3 is 0 Å². The van der Waals surface area contributed by atoms with Crippen molar-refractivity contribution in [3.05, 3.63) is 94.2 Å². The highest BCUT2D eigenvalue weighted by atomic mass is 35.5. The van der Waals surface area contributed by atoms with Crippen LogP contribution in [-0.4, -0.2) is 34.0 Å². The number of anilines is 2. The molecule has 0 saturated carbocycles. The summed E-state index contributed by atoms with van der Waals surface area (Å²) in [4.78, 5) is 16.6. The number of fused-ring (bicyclic) bond motifs is 1. The molecule has 2 aromatic heterocycles. The topological polar surface area (TPSA) is 76.2 Å². The van der Waals surface area contributed by atoms with Gasteiger partial charge in [0.25, 0.3) is 0 Å². The largest absolute Gasteiger partial charge is 0.457 e. The zero-order valence-electron chi connectivity index (χ0n) is 21.8. The third-order valence-corrected chi connectivity index (χ3v) is 6.96. The van der Waals surface area contributed by atoms with E-state index < -0.39 is 0 Å². The molecule has 7 nitrogen and oxygen atoms in total. The number of benzene rings is 3. The number of hydrogen-bond donors (Lipinski definition) is 1. The van der Waals surface area contributed by atoms with Crippen molar-refractivity contribution in [3.63, 3.8) is 0 Å². The highest BCUT2D eigenvalue weighted by Gasteiger charge is 2.12. The van der Waals surface area contributed by atoms with Gasteiger partial charge in [0, 0.05) is 41.1 Å². The molecule has 0 fully saturated rings. The maximum Gasteiger partial charge on any atom is 0.248 e. The minimum absolute atomic E-state index is 0.292. The normalized spacial score (nSPS) is 11.4. The zero-order chi connectivity index (χ0) is 27.5. The van der Waals surface area contributed by atoms with E-state index in [0.717, 1.165) is 41.1 Å². The van der Waals surface area contributed by atoms with E-state index in [9.17, 15) is 4.79 Å². The lowest BCUT2D eigenvalue weighted by atomic mass is 10.1. The smallest absolute Gasteiger partial charge is 0.248 e. The van der Waals surface area contributed by atoms with Crippen LogP contribution in [0.5, 0.6) is 0 Å². The molecule has 39 heavy (non-hydrogen) atoms. The maximum absolute atomic E-state index is 12.7. The third-order valence-electron chi connectivity index (χ3n) is 6.42. The molecule has 0 atom stereocenters. The van der Waals surface area contributed by atoms with Crippen molar-refractivity contribution < 1.29 is 9.21 Å². The predicted octanol–water partition coefficient (Wildman–Crippen LogP) is 7.79. The molecule has 5 aromatic rings. The Labute approximate surface area is 236 Å². The summed E-state index contributed by atoms with van der Waals surface area (Å²) in [6, 6.07) is 20.7. The standard InChI is InChI=1S/C30H27Cl2N5O2/c1-4-36(5-2)21-7-9-22(10-8-21)37-34-27-16-19(3)26(18-28(27)35-37)33-30(38)15-12-23-11-14-29(39-23)24-13-6-20(31)17-25(24)32/h6-18H,4-5H2,1-3H3,(H,33,38)/b15-12+. The van der Waals surface area contributed by atoms with Crippen LogP contribution >= 0.6 is 23.2 Å². The Morgan fingerprint density at radius 2 is 1.69 bits per heavy atom. The monoisotopic (exact) mass is 559 g/mol. The molecule has 9 heteroatoms. The highest BCUT2D eigenvalue weighted by Crippen LogP contribution is 2.32. The molecule has 0 spiro atoms. The molecule has 0 aliphatic carbocycles. The van der Waals surface area contributed by atoms with Crippen molar-refractivity contribution >= 4 is 57.6 Å². The van der Waals surface area contributed by atoms with Crippen LogP contribution in [0.15, 0.2) is 77.2 Å². The minimum Gasteiger partial charge on any atom is -0.457 e. The second-order valence-electron chi connectivity index (χ2n) is 8.98. The molecule has 0 saturated heterocycles. The van der Waals surface area contributed by atoms with E-state index in [1.54, 1.807) is 41.2 Å². The Hall–Kier alpha value is -4.07. The fourth-order valence-electron chi connectivity index (χ4n) is 4.31. The van der Waals surface area contributed by atoms with Gasteiger partial charge in [0.15, 0.2) is 0 Å². The molecule has 0 radical (unpaired) electrons. The number of hydrogen-bond acceptors (Lipinski definition) is 5. The van der Waals surface area contributed by atoms with E-state index in [4.69, 9.17) is 27.6 Å². The molecule has 3 aromatic carbocycles. The molecule has 0 aliphatic rings. The Bertz CT molecular complexity index is 1670. The molecular weight excluding hydrogens is 533 g/mol. The fraction of sp³-hybridized carbons (Fsp3) is 0.167. The highest BCUT2D eigenvalue weighted by molar-refractivity contribution is 6.36. The number of halogens is 2. The lowest BCUT2D eigenvalue weighted by Crippen LogP contribution is -2.21. The first-order valence-electron chi connectivity index (χ1n) is 12.6. The van der Waals surface area contributed by atoms with E-state index in [1.807, 2.05) is 31.2 Å². The summed E-state index contributed by atoms with van der Waals surface area (Å²) in [5.41, 5.74) is 5.72. The van der Waals surface area contributed by atoms with Crippen molar-refractivity contribution in [2.45, 2.75) is 20.8 Å². The molecule has 0 aliphatic heterocycles. The summed E-state index contributed by atoms with van der Waals surface area (Å²) in [6.07, 6.45) is 3.03. The Morgan fingerprint density at radius 1 is 0.974 bits per heavy atom. The number of aromatic nitrogens is 3. The first-order valence-corrected chi connectivity index (χ1v) is 13.4. The van der Waals surface area contributed by atoms with Gasteiger partial charge < -0.3 is 14.6 Å². The molecule has 0 bridgehead atoms. The van der Waals surface area contributed by atoms with Gasteiger partial charge in [0.1, 0.15) is 22.6 Å². The molecule has 2 heterocycles. The average Bonchev–Trinajstić information content (AvgIpc) is 3.56.